The van der Waals surface area contributed by atoms with E-state index >= 15 is 0 Å². The maximum Gasteiger partial charge on any atom is 0.137 e. The molecule has 0 bridgehead atoms. The Bertz CT molecular complexity index is 3100. The molecule has 0 unspecified atom stereocenters. The maximum absolute atomic E-state index is 6.34. The zero-order chi connectivity index (χ0) is 37.7. The predicted molar refractivity (Wildman–Crippen MR) is 239 cm³/mol. The lowest BCUT2D eigenvalue weighted by molar-refractivity contribution is 0.669. The van der Waals surface area contributed by atoms with E-state index in [1.165, 1.54) is 44.1 Å². The van der Waals surface area contributed by atoms with E-state index in [0.29, 0.717) is 0 Å². The number of aromatic nitrogens is 1. The number of nitrogens with zero attached hydrogens (tertiary/aromatic N) is 2. The van der Waals surface area contributed by atoms with Crippen molar-refractivity contribution >= 4 is 60.8 Å². The lowest BCUT2D eigenvalue weighted by Crippen LogP contribution is -2.09. The number of rotatable bonds is 7. The fraction of sp³-hybridized carbons (Fsp3) is 0. The predicted octanol–water partition coefficient (Wildman–Crippen LogP) is 15.2. The number of fused-ring (bicyclic) bond motifs is 7. The standard InChI is InChI=1S/C54H36N2O/c1-3-11-37(12-4-1)39-19-27-43(28-20-39)55(44-29-21-40(22-30-44)38-13-5-2-6-14-38)45-31-23-41(24-32-45)42-25-33-46(34-26-42)56-50-17-9-7-15-47(50)48-35-36-52-53(54(48)56)49-16-8-10-18-51(49)57-52/h1-36H. The SMILES string of the molecule is c1ccc(-c2ccc(N(c3ccc(-c4ccccc4)cc3)c3ccc(-c4ccc(-n5c6ccccc6c6ccc7oc8ccccc8c7c65)cc4)cc3)cc2)cc1. The number of furan rings is 1. The molecule has 0 fully saturated rings. The Kier molecular flexibility index (Phi) is 7.82. The summed E-state index contributed by atoms with van der Waals surface area (Å²) in [6.07, 6.45) is 0. The Morgan fingerprint density at radius 3 is 1.30 bits per heavy atom. The van der Waals surface area contributed by atoms with Crippen LogP contribution in [0.1, 0.15) is 0 Å². The fourth-order valence-electron chi connectivity index (χ4n) is 8.45. The summed E-state index contributed by atoms with van der Waals surface area (Å²) in [5.41, 5.74) is 15.7. The van der Waals surface area contributed by atoms with Crippen molar-refractivity contribution in [3.05, 3.63) is 218 Å². The van der Waals surface area contributed by atoms with E-state index < -0.39 is 0 Å². The van der Waals surface area contributed by atoms with E-state index in [1.807, 2.05) is 6.07 Å². The molecule has 3 nitrogen and oxygen atoms in total. The van der Waals surface area contributed by atoms with Crippen LogP contribution in [-0.2, 0) is 0 Å². The van der Waals surface area contributed by atoms with Crippen LogP contribution in [0.2, 0.25) is 0 Å². The van der Waals surface area contributed by atoms with Gasteiger partial charge in [-0.25, -0.2) is 0 Å². The molecule has 3 heteroatoms. The van der Waals surface area contributed by atoms with Gasteiger partial charge in [0.15, 0.2) is 0 Å². The lowest BCUT2D eigenvalue weighted by Gasteiger charge is -2.26. The van der Waals surface area contributed by atoms with Crippen LogP contribution >= 0.6 is 0 Å². The lowest BCUT2D eigenvalue weighted by atomic mass is 10.0. The van der Waals surface area contributed by atoms with E-state index in [-0.39, 0.29) is 0 Å². The number of benzene rings is 9. The molecule has 0 spiro atoms. The maximum atomic E-state index is 6.34. The molecule has 2 heterocycles. The van der Waals surface area contributed by atoms with Crippen molar-refractivity contribution in [3.8, 4) is 39.1 Å². The van der Waals surface area contributed by atoms with E-state index in [0.717, 1.165) is 55.8 Å². The monoisotopic (exact) mass is 728 g/mol. The quantitative estimate of drug-likeness (QED) is 0.163. The van der Waals surface area contributed by atoms with Crippen molar-refractivity contribution in [2.24, 2.45) is 0 Å². The number of hydrogen-bond acceptors (Lipinski definition) is 2. The van der Waals surface area contributed by atoms with Gasteiger partial charge in [-0.2, -0.15) is 0 Å². The highest BCUT2D eigenvalue weighted by Crippen LogP contribution is 2.42. The number of para-hydroxylation sites is 2. The first-order valence-electron chi connectivity index (χ1n) is 19.4. The highest BCUT2D eigenvalue weighted by atomic mass is 16.3. The molecule has 0 aliphatic carbocycles. The molecule has 0 saturated heterocycles. The second-order valence-corrected chi connectivity index (χ2v) is 14.5. The normalized spacial score (nSPS) is 11.5. The average molecular weight is 729 g/mol. The summed E-state index contributed by atoms with van der Waals surface area (Å²) in [4.78, 5) is 2.33. The Labute approximate surface area is 330 Å². The van der Waals surface area contributed by atoms with Crippen LogP contribution in [0, 0.1) is 0 Å². The van der Waals surface area contributed by atoms with Gasteiger partial charge in [0.05, 0.1) is 16.4 Å². The summed E-state index contributed by atoms with van der Waals surface area (Å²) in [6, 6.07) is 78.0. The summed E-state index contributed by atoms with van der Waals surface area (Å²) in [6.45, 7) is 0. The summed E-state index contributed by atoms with van der Waals surface area (Å²) in [7, 11) is 0. The molecular formula is C54H36N2O. The van der Waals surface area contributed by atoms with Crippen LogP contribution in [0.15, 0.2) is 223 Å². The van der Waals surface area contributed by atoms with Crippen LogP contribution in [-0.4, -0.2) is 4.57 Å². The third-order valence-electron chi connectivity index (χ3n) is 11.2. The van der Waals surface area contributed by atoms with Crippen molar-refractivity contribution in [2.75, 3.05) is 4.90 Å². The summed E-state index contributed by atoms with van der Waals surface area (Å²) in [5.74, 6) is 0. The van der Waals surface area contributed by atoms with Gasteiger partial charge in [0, 0.05) is 38.9 Å². The van der Waals surface area contributed by atoms with Crippen LogP contribution < -0.4 is 4.90 Å². The molecular weight excluding hydrogens is 693 g/mol. The Morgan fingerprint density at radius 1 is 0.316 bits per heavy atom. The molecule has 57 heavy (non-hydrogen) atoms. The van der Waals surface area contributed by atoms with E-state index in [2.05, 4.69) is 222 Å². The van der Waals surface area contributed by atoms with Gasteiger partial charge in [0.1, 0.15) is 11.2 Å². The van der Waals surface area contributed by atoms with Crippen LogP contribution in [0.3, 0.4) is 0 Å². The van der Waals surface area contributed by atoms with Crippen LogP contribution in [0.25, 0.3) is 82.8 Å². The van der Waals surface area contributed by atoms with Gasteiger partial charge in [0.25, 0.3) is 0 Å². The number of anilines is 3. The molecule has 0 amide bonds. The highest BCUT2D eigenvalue weighted by molar-refractivity contribution is 6.24. The highest BCUT2D eigenvalue weighted by Gasteiger charge is 2.19. The van der Waals surface area contributed by atoms with Crippen molar-refractivity contribution in [2.45, 2.75) is 0 Å². The van der Waals surface area contributed by atoms with E-state index in [1.54, 1.807) is 0 Å². The molecule has 0 atom stereocenters. The van der Waals surface area contributed by atoms with Gasteiger partial charge in [-0.3, -0.25) is 0 Å². The average Bonchev–Trinajstić information content (AvgIpc) is 3.84. The fourth-order valence-corrected chi connectivity index (χ4v) is 8.45. The minimum atomic E-state index is 0.901. The van der Waals surface area contributed by atoms with Gasteiger partial charge >= 0.3 is 0 Å². The third-order valence-corrected chi connectivity index (χ3v) is 11.2. The van der Waals surface area contributed by atoms with E-state index in [9.17, 15) is 0 Å². The molecule has 0 radical (unpaired) electrons. The Balaban J connectivity index is 0.964. The minimum Gasteiger partial charge on any atom is -0.456 e. The van der Waals surface area contributed by atoms with Gasteiger partial charge in [0.2, 0.25) is 0 Å². The first kappa shape index (κ1) is 32.8. The largest absolute Gasteiger partial charge is 0.456 e. The summed E-state index contributed by atoms with van der Waals surface area (Å²) < 4.78 is 8.73. The first-order valence-corrected chi connectivity index (χ1v) is 19.4. The van der Waals surface area contributed by atoms with Gasteiger partial charge < -0.3 is 13.9 Å². The van der Waals surface area contributed by atoms with E-state index in [4.69, 9.17) is 4.42 Å². The van der Waals surface area contributed by atoms with Crippen LogP contribution in [0.4, 0.5) is 17.1 Å². The molecule has 0 saturated carbocycles. The smallest absolute Gasteiger partial charge is 0.137 e. The third kappa shape index (κ3) is 5.68. The minimum absolute atomic E-state index is 0.901. The van der Waals surface area contributed by atoms with Gasteiger partial charge in [-0.1, -0.05) is 146 Å². The summed E-state index contributed by atoms with van der Waals surface area (Å²) in [5, 5.41) is 4.73. The molecule has 0 N–H and O–H groups in total. The number of hydrogen-bond donors (Lipinski definition) is 0. The van der Waals surface area contributed by atoms with Gasteiger partial charge in [-0.15, -0.1) is 0 Å². The molecule has 11 aromatic rings. The molecule has 0 aliphatic rings. The van der Waals surface area contributed by atoms with Crippen molar-refractivity contribution in [3.63, 3.8) is 0 Å². The molecule has 11 rings (SSSR count). The molecule has 268 valence electrons. The molecule has 2 aromatic heterocycles. The molecule has 0 aliphatic heterocycles. The second kappa shape index (κ2) is 13.6. The second-order valence-electron chi connectivity index (χ2n) is 14.5. The Morgan fingerprint density at radius 2 is 0.754 bits per heavy atom. The Hall–Kier alpha value is -7.62. The van der Waals surface area contributed by atoms with Gasteiger partial charge in [-0.05, 0) is 106 Å². The zero-order valence-electron chi connectivity index (χ0n) is 31.1. The zero-order valence-corrected chi connectivity index (χ0v) is 31.1. The topological polar surface area (TPSA) is 21.3 Å². The van der Waals surface area contributed by atoms with Crippen molar-refractivity contribution in [1.29, 1.82) is 0 Å². The molecule has 9 aromatic carbocycles. The van der Waals surface area contributed by atoms with Crippen molar-refractivity contribution < 1.29 is 4.42 Å². The van der Waals surface area contributed by atoms with Crippen molar-refractivity contribution in [1.82, 2.24) is 4.57 Å². The summed E-state index contributed by atoms with van der Waals surface area (Å²) >= 11 is 0. The van der Waals surface area contributed by atoms with Crippen LogP contribution in [0.5, 0.6) is 0 Å². The first-order chi connectivity index (χ1) is 28.3.